The molecule has 0 spiro atoms. The predicted octanol–water partition coefficient (Wildman–Crippen LogP) is 5.05. The summed E-state index contributed by atoms with van der Waals surface area (Å²) in [6, 6.07) is 8.26. The van der Waals surface area contributed by atoms with Gasteiger partial charge >= 0.3 is 0 Å². The van der Waals surface area contributed by atoms with Crippen LogP contribution in [0.1, 0.15) is 52.4 Å². The number of fused-ring (bicyclic) bond motifs is 1. The number of para-hydroxylation sites is 1. The van der Waals surface area contributed by atoms with Crippen LogP contribution in [0.4, 0.5) is 0 Å². The quantitative estimate of drug-likeness (QED) is 0.843. The van der Waals surface area contributed by atoms with Crippen molar-refractivity contribution < 1.29 is 4.42 Å². The van der Waals surface area contributed by atoms with E-state index in [9.17, 15) is 0 Å². The van der Waals surface area contributed by atoms with E-state index in [1.165, 1.54) is 10.9 Å². The minimum absolute atomic E-state index is 0.114. The summed E-state index contributed by atoms with van der Waals surface area (Å²) in [5, 5.41) is 4.92. The summed E-state index contributed by atoms with van der Waals surface area (Å²) in [6.45, 7) is 14.3. The van der Waals surface area contributed by atoms with Gasteiger partial charge < -0.3 is 9.73 Å². The molecular formula is C18H27NO. The van der Waals surface area contributed by atoms with Gasteiger partial charge in [-0.2, -0.15) is 0 Å². The molecule has 110 valence electrons. The lowest BCUT2D eigenvalue weighted by Gasteiger charge is -2.33. The van der Waals surface area contributed by atoms with Gasteiger partial charge in [-0.3, -0.25) is 0 Å². The maximum Gasteiger partial charge on any atom is 0.134 e. The Labute approximate surface area is 122 Å². The van der Waals surface area contributed by atoms with Gasteiger partial charge in [0.05, 0.1) is 0 Å². The van der Waals surface area contributed by atoms with E-state index in [1.54, 1.807) is 0 Å². The molecule has 1 aromatic carbocycles. The van der Waals surface area contributed by atoms with Gasteiger partial charge in [-0.1, -0.05) is 39.0 Å². The Kier molecular flexibility index (Phi) is 3.97. The number of furan rings is 1. The van der Waals surface area contributed by atoms with Crippen molar-refractivity contribution in [2.45, 2.75) is 60.0 Å². The van der Waals surface area contributed by atoms with E-state index in [4.69, 9.17) is 4.42 Å². The third-order valence-electron chi connectivity index (χ3n) is 3.62. The SMILES string of the molecule is Cc1oc2ccccc2c1CNC(C)(C)CC(C)(C)C. The maximum atomic E-state index is 5.83. The topological polar surface area (TPSA) is 25.2 Å². The van der Waals surface area contributed by atoms with E-state index in [0.29, 0.717) is 5.41 Å². The smallest absolute Gasteiger partial charge is 0.134 e. The molecule has 0 saturated carbocycles. The minimum atomic E-state index is 0.114. The molecule has 20 heavy (non-hydrogen) atoms. The zero-order valence-electron chi connectivity index (χ0n) is 13.6. The van der Waals surface area contributed by atoms with Crippen molar-refractivity contribution in [1.29, 1.82) is 0 Å². The Morgan fingerprint density at radius 2 is 1.70 bits per heavy atom. The van der Waals surface area contributed by atoms with Crippen molar-refractivity contribution in [1.82, 2.24) is 5.32 Å². The molecular weight excluding hydrogens is 246 g/mol. The molecule has 0 aliphatic heterocycles. The second-order valence-electron chi connectivity index (χ2n) is 7.61. The molecule has 2 rings (SSSR count). The first kappa shape index (κ1) is 15.1. The average Bonchev–Trinajstić information content (AvgIpc) is 2.59. The molecule has 0 saturated heterocycles. The van der Waals surface area contributed by atoms with E-state index in [2.05, 4.69) is 52.1 Å². The van der Waals surface area contributed by atoms with Gasteiger partial charge in [0.2, 0.25) is 0 Å². The van der Waals surface area contributed by atoms with Crippen LogP contribution in [0.25, 0.3) is 11.0 Å². The van der Waals surface area contributed by atoms with E-state index in [-0.39, 0.29) is 5.54 Å². The van der Waals surface area contributed by atoms with Crippen molar-refractivity contribution in [2.24, 2.45) is 5.41 Å². The summed E-state index contributed by atoms with van der Waals surface area (Å²) in [5.74, 6) is 1.02. The first-order valence-corrected chi connectivity index (χ1v) is 7.40. The molecule has 0 aliphatic rings. The Morgan fingerprint density at radius 3 is 2.35 bits per heavy atom. The lowest BCUT2D eigenvalue weighted by atomic mass is 9.81. The third kappa shape index (κ3) is 3.63. The minimum Gasteiger partial charge on any atom is -0.461 e. The van der Waals surface area contributed by atoms with Gasteiger partial charge in [0, 0.05) is 23.0 Å². The molecule has 1 heterocycles. The number of aryl methyl sites for hydroxylation is 1. The van der Waals surface area contributed by atoms with Crippen LogP contribution in [-0.4, -0.2) is 5.54 Å². The fourth-order valence-electron chi connectivity index (χ4n) is 3.16. The van der Waals surface area contributed by atoms with Crippen LogP contribution in [0, 0.1) is 12.3 Å². The van der Waals surface area contributed by atoms with Crippen molar-refractivity contribution in [3.8, 4) is 0 Å². The molecule has 1 aromatic heterocycles. The summed E-state index contributed by atoms with van der Waals surface area (Å²) < 4.78 is 5.83. The lowest BCUT2D eigenvalue weighted by Crippen LogP contribution is -2.41. The van der Waals surface area contributed by atoms with Gasteiger partial charge in [0.25, 0.3) is 0 Å². The molecule has 0 unspecified atom stereocenters. The monoisotopic (exact) mass is 273 g/mol. The highest BCUT2D eigenvalue weighted by atomic mass is 16.3. The van der Waals surface area contributed by atoms with Gasteiger partial charge in [-0.25, -0.2) is 0 Å². The number of hydrogen-bond acceptors (Lipinski definition) is 2. The molecule has 0 atom stereocenters. The van der Waals surface area contributed by atoms with Gasteiger partial charge in [-0.15, -0.1) is 0 Å². The molecule has 0 amide bonds. The third-order valence-corrected chi connectivity index (χ3v) is 3.62. The molecule has 0 bridgehead atoms. The molecule has 2 nitrogen and oxygen atoms in total. The summed E-state index contributed by atoms with van der Waals surface area (Å²) >= 11 is 0. The summed E-state index contributed by atoms with van der Waals surface area (Å²) in [7, 11) is 0. The van der Waals surface area contributed by atoms with Crippen LogP contribution in [0.15, 0.2) is 28.7 Å². The van der Waals surface area contributed by atoms with Crippen molar-refractivity contribution in [3.05, 3.63) is 35.6 Å². The second-order valence-corrected chi connectivity index (χ2v) is 7.61. The largest absolute Gasteiger partial charge is 0.461 e. The van der Waals surface area contributed by atoms with Crippen LogP contribution in [0.3, 0.4) is 0 Å². The van der Waals surface area contributed by atoms with Crippen molar-refractivity contribution >= 4 is 11.0 Å². The first-order chi connectivity index (χ1) is 9.18. The standard InChI is InChI=1S/C18H27NO/c1-13-15(14-9-7-8-10-16(14)20-13)11-19-18(5,6)12-17(2,3)4/h7-10,19H,11-12H2,1-6H3. The average molecular weight is 273 g/mol. The van der Waals surface area contributed by atoms with Gasteiger partial charge in [0.15, 0.2) is 0 Å². The molecule has 0 aliphatic carbocycles. The fraction of sp³-hybridized carbons (Fsp3) is 0.556. The molecule has 2 aromatic rings. The van der Waals surface area contributed by atoms with Crippen LogP contribution >= 0.6 is 0 Å². The Hall–Kier alpha value is -1.28. The van der Waals surface area contributed by atoms with Gasteiger partial charge in [0.1, 0.15) is 11.3 Å². The predicted molar refractivity (Wildman–Crippen MR) is 85.9 cm³/mol. The first-order valence-electron chi connectivity index (χ1n) is 7.40. The number of rotatable bonds is 4. The van der Waals surface area contributed by atoms with E-state index >= 15 is 0 Å². The highest BCUT2D eigenvalue weighted by Crippen LogP contribution is 2.29. The maximum absolute atomic E-state index is 5.83. The highest BCUT2D eigenvalue weighted by molar-refractivity contribution is 5.82. The zero-order chi connectivity index (χ0) is 15.0. The second kappa shape index (κ2) is 5.25. The lowest BCUT2D eigenvalue weighted by molar-refractivity contribution is 0.240. The summed E-state index contributed by atoms with van der Waals surface area (Å²) in [4.78, 5) is 0. The Morgan fingerprint density at radius 1 is 1.05 bits per heavy atom. The Balaban J connectivity index is 2.15. The van der Waals surface area contributed by atoms with Gasteiger partial charge in [-0.05, 0) is 38.7 Å². The van der Waals surface area contributed by atoms with Crippen molar-refractivity contribution in [2.75, 3.05) is 0 Å². The molecule has 0 radical (unpaired) electrons. The molecule has 0 fully saturated rings. The molecule has 1 N–H and O–H groups in total. The normalized spacial score (nSPS) is 13.1. The van der Waals surface area contributed by atoms with E-state index in [1.807, 2.05) is 19.1 Å². The van der Waals surface area contributed by atoms with E-state index in [0.717, 1.165) is 24.3 Å². The van der Waals surface area contributed by atoms with Crippen LogP contribution in [-0.2, 0) is 6.54 Å². The number of nitrogens with one attached hydrogen (secondary N) is 1. The zero-order valence-corrected chi connectivity index (χ0v) is 13.6. The van der Waals surface area contributed by atoms with Crippen LogP contribution in [0.5, 0.6) is 0 Å². The van der Waals surface area contributed by atoms with E-state index < -0.39 is 0 Å². The number of hydrogen-bond donors (Lipinski definition) is 1. The van der Waals surface area contributed by atoms with Crippen LogP contribution < -0.4 is 5.32 Å². The highest BCUT2D eigenvalue weighted by Gasteiger charge is 2.25. The fourth-order valence-corrected chi connectivity index (χ4v) is 3.16. The summed E-state index contributed by atoms with van der Waals surface area (Å²) in [5.41, 5.74) is 2.70. The molecule has 2 heteroatoms. The van der Waals surface area contributed by atoms with Crippen LogP contribution in [0.2, 0.25) is 0 Å². The van der Waals surface area contributed by atoms with Crippen molar-refractivity contribution in [3.63, 3.8) is 0 Å². The summed E-state index contributed by atoms with van der Waals surface area (Å²) in [6.07, 6.45) is 1.13. The Bertz CT molecular complexity index is 587. The number of benzene rings is 1.